The van der Waals surface area contributed by atoms with Gasteiger partial charge in [0.2, 0.25) is 28.6 Å². The maximum Gasteiger partial charge on any atom is 0.243 e. The van der Waals surface area contributed by atoms with Crippen molar-refractivity contribution in [2.75, 3.05) is 13.9 Å². The van der Waals surface area contributed by atoms with Crippen molar-refractivity contribution in [1.29, 1.82) is 0 Å². The summed E-state index contributed by atoms with van der Waals surface area (Å²) in [6, 6.07) is 22.5. The summed E-state index contributed by atoms with van der Waals surface area (Å²) in [5, 5.41) is 7.38. The molecule has 4 atom stereocenters. The van der Waals surface area contributed by atoms with E-state index in [4.69, 9.17) is 14.2 Å². The molecule has 0 radical (unpaired) electrons. The number of nitrogens with one attached hydrogen (secondary N) is 3. The molecule has 11 nitrogen and oxygen atoms in total. The normalized spacial score (nSPS) is 18.5. The standard InChI is InChI=1S/C41H50N4O7S/c1-26(2)42-41(47)37(19-29-9-11-30(12-10-29)24-45-27(3)7-6-8-28(45)4)43-40(46)23-36(33-15-18-38-39(22-33)52-25-51-38)44-53(48,49)35-17-14-31-20-34(50-5)16-13-32(31)21-35/h9-18,20-22,26-28,36-37,44H,6-8,19,23-25H2,1-5H3,(H,42,47)(H,43,46)/t27-,28+,36-,37-/m1/s1. The molecule has 1 fully saturated rings. The van der Waals surface area contributed by atoms with E-state index >= 15 is 0 Å². The van der Waals surface area contributed by atoms with Crippen LogP contribution in [0.4, 0.5) is 0 Å². The lowest BCUT2D eigenvalue weighted by Crippen LogP contribution is -2.50. The molecule has 282 valence electrons. The predicted octanol–water partition coefficient (Wildman–Crippen LogP) is 6.00. The Morgan fingerprint density at radius 2 is 1.53 bits per heavy atom. The molecule has 12 heteroatoms. The van der Waals surface area contributed by atoms with E-state index in [9.17, 15) is 18.0 Å². The van der Waals surface area contributed by atoms with Crippen LogP contribution >= 0.6 is 0 Å². The van der Waals surface area contributed by atoms with Crippen LogP contribution in [0.15, 0.2) is 83.8 Å². The first kappa shape index (κ1) is 38.1. The fourth-order valence-electron chi connectivity index (χ4n) is 7.16. The minimum Gasteiger partial charge on any atom is -0.497 e. The summed E-state index contributed by atoms with van der Waals surface area (Å²) in [7, 11) is -2.55. The van der Waals surface area contributed by atoms with Gasteiger partial charge in [-0.05, 0) is 104 Å². The van der Waals surface area contributed by atoms with Gasteiger partial charge in [-0.2, -0.15) is 0 Å². The van der Waals surface area contributed by atoms with Crippen molar-refractivity contribution in [2.45, 2.75) is 101 Å². The zero-order chi connectivity index (χ0) is 37.7. The van der Waals surface area contributed by atoms with E-state index in [1.807, 2.05) is 32.0 Å². The Bertz CT molecular complexity index is 2030. The molecule has 4 aromatic carbocycles. The minimum absolute atomic E-state index is 0.0433. The lowest BCUT2D eigenvalue weighted by molar-refractivity contribution is -0.129. The van der Waals surface area contributed by atoms with Gasteiger partial charge in [0.15, 0.2) is 11.5 Å². The van der Waals surface area contributed by atoms with Crippen LogP contribution in [-0.4, -0.2) is 63.2 Å². The molecule has 6 rings (SSSR count). The number of rotatable bonds is 14. The number of hydrogen-bond acceptors (Lipinski definition) is 8. The molecule has 3 N–H and O–H groups in total. The maximum absolute atomic E-state index is 13.9. The van der Waals surface area contributed by atoms with Crippen molar-refractivity contribution in [3.8, 4) is 17.2 Å². The van der Waals surface area contributed by atoms with Crippen LogP contribution in [-0.2, 0) is 32.6 Å². The van der Waals surface area contributed by atoms with Crippen LogP contribution in [0, 0.1) is 0 Å². The zero-order valence-corrected chi connectivity index (χ0v) is 31.9. The maximum atomic E-state index is 13.9. The summed E-state index contributed by atoms with van der Waals surface area (Å²) in [4.78, 5) is 29.9. The van der Waals surface area contributed by atoms with Crippen molar-refractivity contribution in [1.82, 2.24) is 20.3 Å². The zero-order valence-electron chi connectivity index (χ0n) is 31.1. The molecule has 53 heavy (non-hydrogen) atoms. The highest BCUT2D eigenvalue weighted by Crippen LogP contribution is 2.35. The van der Waals surface area contributed by atoms with Crippen molar-refractivity contribution >= 4 is 32.6 Å². The smallest absolute Gasteiger partial charge is 0.243 e. The fourth-order valence-corrected chi connectivity index (χ4v) is 8.41. The number of nitrogens with zero attached hydrogens (tertiary/aromatic N) is 1. The van der Waals surface area contributed by atoms with E-state index in [1.54, 1.807) is 49.6 Å². The number of methoxy groups -OCH3 is 1. The minimum atomic E-state index is -4.12. The van der Waals surface area contributed by atoms with Gasteiger partial charge in [-0.25, -0.2) is 13.1 Å². The second-order valence-electron chi connectivity index (χ2n) is 14.5. The molecule has 0 aromatic heterocycles. The Labute approximate surface area is 312 Å². The van der Waals surface area contributed by atoms with Gasteiger partial charge in [0.25, 0.3) is 0 Å². The van der Waals surface area contributed by atoms with Gasteiger partial charge in [0.05, 0.1) is 18.0 Å². The van der Waals surface area contributed by atoms with E-state index in [0.717, 1.165) is 17.5 Å². The number of fused-ring (bicyclic) bond motifs is 2. The van der Waals surface area contributed by atoms with Crippen LogP contribution in [0.3, 0.4) is 0 Å². The summed E-state index contributed by atoms with van der Waals surface area (Å²) in [5.74, 6) is 0.834. The highest BCUT2D eigenvalue weighted by molar-refractivity contribution is 7.89. The third-order valence-electron chi connectivity index (χ3n) is 10.1. The van der Waals surface area contributed by atoms with Gasteiger partial charge in [-0.1, -0.05) is 48.9 Å². The van der Waals surface area contributed by atoms with E-state index < -0.39 is 28.0 Å². The predicted molar refractivity (Wildman–Crippen MR) is 204 cm³/mol. The van der Waals surface area contributed by atoms with Crippen molar-refractivity contribution < 1.29 is 32.2 Å². The van der Waals surface area contributed by atoms with Crippen molar-refractivity contribution in [3.05, 3.63) is 95.6 Å². The first-order valence-electron chi connectivity index (χ1n) is 18.3. The van der Waals surface area contributed by atoms with Crippen LogP contribution in [0.1, 0.15) is 76.1 Å². The average molecular weight is 743 g/mol. The molecule has 4 aromatic rings. The van der Waals surface area contributed by atoms with Crippen LogP contribution in [0.5, 0.6) is 17.2 Å². The van der Waals surface area contributed by atoms with Gasteiger partial charge in [0.1, 0.15) is 11.8 Å². The molecular formula is C41H50N4O7S. The second kappa shape index (κ2) is 16.6. The molecule has 2 aliphatic heterocycles. The first-order valence-corrected chi connectivity index (χ1v) is 19.8. The molecule has 0 spiro atoms. The van der Waals surface area contributed by atoms with Gasteiger partial charge >= 0.3 is 0 Å². The molecule has 1 saturated heterocycles. The Balaban J connectivity index is 1.21. The SMILES string of the molecule is COc1ccc2cc(S(=O)(=O)N[C@H](CC(=O)N[C@H](Cc3ccc(CN4[C@H](C)CCC[C@@H]4C)cc3)C(=O)NC(C)C)c3ccc4c(c3)OCO4)ccc2c1. The van der Waals surface area contributed by atoms with Crippen LogP contribution in [0.2, 0.25) is 0 Å². The number of likely N-dealkylation sites (tertiary alicyclic amines) is 1. The molecule has 2 amide bonds. The molecule has 0 aliphatic carbocycles. The highest BCUT2D eigenvalue weighted by Gasteiger charge is 2.29. The van der Waals surface area contributed by atoms with E-state index in [0.29, 0.717) is 40.3 Å². The number of carbonyl (C=O) groups is 2. The first-order chi connectivity index (χ1) is 25.4. The number of hydrogen-bond donors (Lipinski definition) is 3. The fraction of sp³-hybridized carbons (Fsp3) is 0.415. The van der Waals surface area contributed by atoms with Crippen molar-refractivity contribution in [3.63, 3.8) is 0 Å². The Kier molecular flexibility index (Phi) is 11.9. The van der Waals surface area contributed by atoms with Gasteiger partial charge in [0, 0.05) is 37.5 Å². The lowest BCUT2D eigenvalue weighted by atomic mass is 9.96. The molecular weight excluding hydrogens is 693 g/mol. The number of benzene rings is 4. The van der Waals surface area contributed by atoms with Crippen molar-refractivity contribution in [2.24, 2.45) is 0 Å². The van der Waals surface area contributed by atoms with E-state index in [1.165, 1.54) is 30.9 Å². The number of ether oxygens (including phenoxy) is 3. The largest absolute Gasteiger partial charge is 0.497 e. The summed E-state index contributed by atoms with van der Waals surface area (Å²) < 4.78 is 46.9. The quantitative estimate of drug-likeness (QED) is 0.143. The van der Waals surface area contributed by atoms with Gasteiger partial charge < -0.3 is 24.8 Å². The third-order valence-corrected chi connectivity index (χ3v) is 11.6. The summed E-state index contributed by atoms with van der Waals surface area (Å²) in [6.07, 6.45) is 3.65. The Morgan fingerprint density at radius 1 is 0.849 bits per heavy atom. The number of sulfonamides is 1. The summed E-state index contributed by atoms with van der Waals surface area (Å²) in [5.41, 5.74) is 2.61. The molecule has 2 heterocycles. The third kappa shape index (κ3) is 9.48. The van der Waals surface area contributed by atoms with Crippen LogP contribution < -0.4 is 29.6 Å². The molecule has 0 unspecified atom stereocenters. The summed E-state index contributed by atoms with van der Waals surface area (Å²) >= 11 is 0. The Hall–Kier alpha value is -4.65. The number of piperidine rings is 1. The lowest BCUT2D eigenvalue weighted by Gasteiger charge is -2.39. The highest BCUT2D eigenvalue weighted by atomic mass is 32.2. The monoisotopic (exact) mass is 742 g/mol. The second-order valence-corrected chi connectivity index (χ2v) is 16.2. The van der Waals surface area contributed by atoms with E-state index in [2.05, 4.69) is 46.2 Å². The molecule has 0 saturated carbocycles. The van der Waals surface area contributed by atoms with E-state index in [-0.39, 0.29) is 36.5 Å². The molecule has 0 bridgehead atoms. The number of amides is 2. The van der Waals surface area contributed by atoms with Gasteiger partial charge in [-0.3, -0.25) is 14.5 Å². The Morgan fingerprint density at radius 3 is 2.25 bits per heavy atom. The topological polar surface area (TPSA) is 135 Å². The van der Waals surface area contributed by atoms with Gasteiger partial charge in [-0.15, -0.1) is 0 Å². The van der Waals surface area contributed by atoms with Crippen LogP contribution in [0.25, 0.3) is 10.8 Å². The summed E-state index contributed by atoms with van der Waals surface area (Å²) in [6.45, 7) is 9.20. The number of carbonyl (C=O) groups excluding carboxylic acids is 2. The molecule has 2 aliphatic rings. The average Bonchev–Trinajstić information content (AvgIpc) is 3.61.